The summed E-state index contributed by atoms with van der Waals surface area (Å²) in [5.74, 6) is -1.80. The summed E-state index contributed by atoms with van der Waals surface area (Å²) in [5.41, 5.74) is -2.82. The Balaban J connectivity index is 1.87. The highest BCUT2D eigenvalue weighted by Crippen LogP contribution is 2.39. The number of benzene rings is 1. The van der Waals surface area contributed by atoms with Crippen LogP contribution in [0.2, 0.25) is 0 Å². The smallest absolute Gasteiger partial charge is 0.332 e. The maximum atomic E-state index is 13.8. The summed E-state index contributed by atoms with van der Waals surface area (Å²) in [4.78, 5) is 37.2. The van der Waals surface area contributed by atoms with Gasteiger partial charge in [-0.3, -0.25) is 14.3 Å². The fourth-order valence-electron chi connectivity index (χ4n) is 3.38. The molecule has 2 heterocycles. The third-order valence-corrected chi connectivity index (χ3v) is 5.73. The molecular weight excluding hydrogens is 479 g/mol. The molecule has 3 rings (SSSR count). The van der Waals surface area contributed by atoms with E-state index in [9.17, 15) is 23.9 Å². The van der Waals surface area contributed by atoms with E-state index in [0.29, 0.717) is 6.61 Å². The Morgan fingerprint density at radius 2 is 2.16 bits per heavy atom. The number of hydrogen-bond donors (Lipinski definition) is 2. The van der Waals surface area contributed by atoms with Crippen molar-refractivity contribution in [2.75, 3.05) is 19.8 Å². The molecule has 0 saturated carbocycles. The number of carbonyl (C=O) groups is 1. The van der Waals surface area contributed by atoms with Crippen molar-refractivity contribution in [3.63, 3.8) is 0 Å². The monoisotopic (exact) mass is 500 g/mol. The Hall–Kier alpha value is -2.34. The molecule has 3 atom stereocenters. The lowest BCUT2D eigenvalue weighted by atomic mass is 9.87. The van der Waals surface area contributed by atoms with Crippen LogP contribution in [-0.2, 0) is 25.4 Å². The zero-order valence-electron chi connectivity index (χ0n) is 16.7. The van der Waals surface area contributed by atoms with Crippen LogP contribution in [-0.4, -0.2) is 52.2 Å². The first-order chi connectivity index (χ1) is 14.7. The largest absolute Gasteiger partial charge is 0.461 e. The lowest BCUT2D eigenvalue weighted by Crippen LogP contribution is -2.43. The predicted octanol–water partition coefficient (Wildman–Crippen LogP) is 1.28. The van der Waals surface area contributed by atoms with E-state index in [2.05, 4.69) is 15.9 Å². The highest BCUT2D eigenvalue weighted by molar-refractivity contribution is 9.10. The molecule has 2 N–H and O–H groups in total. The number of aromatic amines is 1. The van der Waals surface area contributed by atoms with E-state index < -0.39 is 41.0 Å². The summed E-state index contributed by atoms with van der Waals surface area (Å²) < 4.78 is 31.3. The van der Waals surface area contributed by atoms with Crippen molar-refractivity contribution in [3.8, 4) is 0 Å². The standard InChI is InChI=1S/C20H22BrFN2O7/c1-2-29-11-17(25)30-10-15-20(28,7-12-5-3-4-6-13(12)21)8-16(31-15)24-9-14(22)18(26)23-19(24)27/h3-6,9,15-16,28H,2,7-8,10-11H2,1H3,(H,23,26,27)/t15-,16-,20+/m1/s1. The van der Waals surface area contributed by atoms with Crippen molar-refractivity contribution >= 4 is 21.9 Å². The average molecular weight is 501 g/mol. The van der Waals surface area contributed by atoms with Crippen molar-refractivity contribution in [2.45, 2.75) is 37.7 Å². The van der Waals surface area contributed by atoms with Gasteiger partial charge in [0.15, 0.2) is 0 Å². The third-order valence-electron chi connectivity index (χ3n) is 4.96. The second kappa shape index (κ2) is 9.86. The topological polar surface area (TPSA) is 120 Å². The normalized spacial score (nSPS) is 23.1. The van der Waals surface area contributed by atoms with Gasteiger partial charge in [-0.05, 0) is 18.6 Å². The highest BCUT2D eigenvalue weighted by atomic mass is 79.9. The van der Waals surface area contributed by atoms with Crippen LogP contribution in [0, 0.1) is 5.82 Å². The van der Waals surface area contributed by atoms with Gasteiger partial charge in [-0.2, -0.15) is 4.39 Å². The predicted molar refractivity (Wildman–Crippen MR) is 110 cm³/mol. The molecule has 0 bridgehead atoms. The number of carbonyl (C=O) groups excluding carboxylic acids is 1. The molecule has 0 amide bonds. The molecule has 1 aliphatic heterocycles. The van der Waals surface area contributed by atoms with Crippen molar-refractivity contribution in [2.24, 2.45) is 0 Å². The Bertz CT molecular complexity index is 1060. The molecule has 1 saturated heterocycles. The van der Waals surface area contributed by atoms with Gasteiger partial charge in [-0.1, -0.05) is 34.1 Å². The summed E-state index contributed by atoms with van der Waals surface area (Å²) in [6.45, 7) is 1.52. The van der Waals surface area contributed by atoms with Gasteiger partial charge in [0.2, 0.25) is 5.82 Å². The molecule has 1 aromatic heterocycles. The Morgan fingerprint density at radius 3 is 2.87 bits per heavy atom. The van der Waals surface area contributed by atoms with E-state index >= 15 is 0 Å². The first-order valence-corrected chi connectivity index (χ1v) is 10.4. The number of nitrogens with zero attached hydrogens (tertiary/aromatic N) is 1. The molecule has 0 spiro atoms. The molecule has 0 unspecified atom stereocenters. The molecule has 1 fully saturated rings. The third kappa shape index (κ3) is 5.48. The molecule has 11 heteroatoms. The second-order valence-corrected chi connectivity index (χ2v) is 7.97. The van der Waals surface area contributed by atoms with E-state index in [1.54, 1.807) is 19.1 Å². The van der Waals surface area contributed by atoms with Crippen LogP contribution in [0.3, 0.4) is 0 Å². The van der Waals surface area contributed by atoms with Crippen LogP contribution in [0.25, 0.3) is 0 Å². The molecular formula is C20H22BrFN2O7. The molecule has 0 radical (unpaired) electrons. The minimum Gasteiger partial charge on any atom is -0.461 e. The summed E-state index contributed by atoms with van der Waals surface area (Å²) in [6, 6.07) is 7.24. The van der Waals surface area contributed by atoms with Crippen molar-refractivity contribution in [1.29, 1.82) is 0 Å². The van der Waals surface area contributed by atoms with Gasteiger partial charge in [0.1, 0.15) is 31.1 Å². The Morgan fingerprint density at radius 1 is 1.42 bits per heavy atom. The second-order valence-electron chi connectivity index (χ2n) is 7.12. The number of halogens is 2. The number of aliphatic hydroxyl groups is 1. The van der Waals surface area contributed by atoms with Crippen LogP contribution >= 0.6 is 15.9 Å². The first kappa shape index (κ1) is 23.3. The summed E-state index contributed by atoms with van der Waals surface area (Å²) in [5, 5.41) is 11.4. The summed E-state index contributed by atoms with van der Waals surface area (Å²) >= 11 is 3.43. The highest BCUT2D eigenvalue weighted by Gasteiger charge is 2.49. The summed E-state index contributed by atoms with van der Waals surface area (Å²) in [6.07, 6.45) is -1.36. The number of aromatic nitrogens is 2. The van der Waals surface area contributed by atoms with Crippen LogP contribution in [0.5, 0.6) is 0 Å². The van der Waals surface area contributed by atoms with Gasteiger partial charge < -0.3 is 19.3 Å². The van der Waals surface area contributed by atoms with Crippen molar-refractivity contribution in [3.05, 3.63) is 67.2 Å². The molecule has 1 aliphatic rings. The Labute approximate surface area is 184 Å². The number of H-pyrrole nitrogens is 1. The number of hydrogen-bond acceptors (Lipinski definition) is 7. The molecule has 9 nitrogen and oxygen atoms in total. The Kier molecular flexibility index (Phi) is 7.42. The van der Waals surface area contributed by atoms with Gasteiger partial charge in [-0.15, -0.1) is 0 Å². The zero-order chi connectivity index (χ0) is 22.6. The lowest BCUT2D eigenvalue weighted by molar-refractivity contribution is -0.158. The fourth-order valence-corrected chi connectivity index (χ4v) is 3.81. The minimum atomic E-state index is -1.55. The molecule has 168 valence electrons. The molecule has 31 heavy (non-hydrogen) atoms. The van der Waals surface area contributed by atoms with E-state index in [1.807, 2.05) is 17.1 Å². The van der Waals surface area contributed by atoms with E-state index in [1.165, 1.54) is 0 Å². The number of esters is 1. The van der Waals surface area contributed by atoms with Gasteiger partial charge in [0.25, 0.3) is 5.56 Å². The molecule has 0 aliphatic carbocycles. The van der Waals surface area contributed by atoms with Crippen LogP contribution in [0.4, 0.5) is 4.39 Å². The number of nitrogens with one attached hydrogen (secondary N) is 1. The fraction of sp³-hybridized carbons (Fsp3) is 0.450. The number of rotatable bonds is 8. The van der Waals surface area contributed by atoms with Crippen LogP contribution in [0.15, 0.2) is 44.5 Å². The van der Waals surface area contributed by atoms with Crippen LogP contribution < -0.4 is 11.2 Å². The first-order valence-electron chi connectivity index (χ1n) is 9.59. The van der Waals surface area contributed by atoms with Gasteiger partial charge in [0.05, 0.1) is 6.20 Å². The maximum Gasteiger partial charge on any atom is 0.332 e. The van der Waals surface area contributed by atoms with E-state index in [4.69, 9.17) is 14.2 Å². The minimum absolute atomic E-state index is 0.104. The quantitative estimate of drug-likeness (QED) is 0.523. The van der Waals surface area contributed by atoms with Crippen molar-refractivity contribution in [1.82, 2.24) is 9.55 Å². The molecule has 2 aromatic rings. The van der Waals surface area contributed by atoms with Gasteiger partial charge in [0, 0.05) is 23.9 Å². The number of ether oxygens (including phenoxy) is 3. The van der Waals surface area contributed by atoms with Gasteiger partial charge in [-0.25, -0.2) is 9.59 Å². The maximum absolute atomic E-state index is 13.8. The van der Waals surface area contributed by atoms with Crippen molar-refractivity contribution < 1.29 is 28.5 Å². The van der Waals surface area contributed by atoms with E-state index in [-0.39, 0.29) is 26.1 Å². The molecule has 1 aromatic carbocycles. The SMILES string of the molecule is CCOCC(=O)OC[C@H]1O[C@@H](n2cc(F)c(=O)[nH]c2=O)C[C@@]1(O)Cc1ccccc1Br. The van der Waals surface area contributed by atoms with Crippen LogP contribution in [0.1, 0.15) is 25.1 Å². The lowest BCUT2D eigenvalue weighted by Gasteiger charge is -2.28. The average Bonchev–Trinajstić information content (AvgIpc) is 3.05. The summed E-state index contributed by atoms with van der Waals surface area (Å²) in [7, 11) is 0. The van der Waals surface area contributed by atoms with Gasteiger partial charge >= 0.3 is 11.7 Å². The zero-order valence-corrected chi connectivity index (χ0v) is 18.3. The van der Waals surface area contributed by atoms with E-state index in [0.717, 1.165) is 20.8 Å².